The quantitative estimate of drug-likeness (QED) is 0.724. The van der Waals surface area contributed by atoms with Gasteiger partial charge in [0.25, 0.3) is 5.91 Å². The average Bonchev–Trinajstić information content (AvgIpc) is 2.64. The number of aliphatic carboxylic acids is 1. The summed E-state index contributed by atoms with van der Waals surface area (Å²) in [7, 11) is 1.35. The molecule has 0 saturated carbocycles. The van der Waals surface area contributed by atoms with Crippen LogP contribution in [-0.2, 0) is 9.53 Å². The van der Waals surface area contributed by atoms with Crippen molar-refractivity contribution in [2.24, 2.45) is 0 Å². The minimum Gasteiger partial charge on any atom is -0.480 e. The van der Waals surface area contributed by atoms with Crippen LogP contribution in [0.5, 0.6) is 0 Å². The number of methoxy groups -OCH3 is 1. The number of carboxylic acid groups (broad SMARTS) is 1. The van der Waals surface area contributed by atoms with Gasteiger partial charge in [-0.05, 0) is 6.92 Å². The molecule has 16 heavy (non-hydrogen) atoms. The van der Waals surface area contributed by atoms with Gasteiger partial charge in [-0.15, -0.1) is 0 Å². The zero-order valence-corrected chi connectivity index (χ0v) is 8.89. The number of nitrogens with zero attached hydrogens (tertiary/aromatic N) is 1. The van der Waals surface area contributed by atoms with E-state index >= 15 is 0 Å². The molecular formula is C9H12N2O5. The number of hydrogen-bond acceptors (Lipinski definition) is 5. The first-order valence-corrected chi connectivity index (χ1v) is 4.50. The monoisotopic (exact) mass is 228 g/mol. The van der Waals surface area contributed by atoms with Crippen molar-refractivity contribution in [2.45, 2.75) is 13.0 Å². The molecule has 88 valence electrons. The molecule has 0 spiro atoms. The molecule has 1 amide bonds. The first-order valence-electron chi connectivity index (χ1n) is 4.50. The molecule has 0 aliphatic carbocycles. The first kappa shape index (κ1) is 12.2. The van der Waals surface area contributed by atoms with Gasteiger partial charge >= 0.3 is 5.97 Å². The fourth-order valence-electron chi connectivity index (χ4n) is 1.05. The zero-order chi connectivity index (χ0) is 12.1. The number of carbonyl (C=O) groups is 2. The van der Waals surface area contributed by atoms with E-state index in [0.29, 0.717) is 5.76 Å². The second-order valence-corrected chi connectivity index (χ2v) is 3.14. The molecule has 0 aliphatic rings. The number of carboxylic acids is 1. The molecule has 7 heteroatoms. The van der Waals surface area contributed by atoms with Crippen LogP contribution < -0.4 is 5.32 Å². The van der Waals surface area contributed by atoms with Crippen molar-refractivity contribution in [3.05, 3.63) is 17.5 Å². The Morgan fingerprint density at radius 2 is 2.38 bits per heavy atom. The molecule has 1 aromatic rings. The van der Waals surface area contributed by atoms with E-state index in [4.69, 9.17) is 9.63 Å². The Bertz CT molecular complexity index is 387. The third-order valence-corrected chi connectivity index (χ3v) is 1.80. The molecule has 1 rings (SSSR count). The smallest absolute Gasteiger partial charge is 0.328 e. The summed E-state index contributed by atoms with van der Waals surface area (Å²) in [6, 6.07) is 0.315. The standard InChI is InChI=1S/C9H12N2O5/c1-5-3-6(11-16-5)8(12)10-7(4-15-2)9(13)14/h3,7H,4H2,1-2H3,(H,10,12)(H,13,14). The van der Waals surface area contributed by atoms with Crippen molar-refractivity contribution >= 4 is 11.9 Å². The summed E-state index contributed by atoms with van der Waals surface area (Å²) in [4.78, 5) is 22.2. The number of amides is 1. The number of ether oxygens (including phenoxy) is 1. The van der Waals surface area contributed by atoms with Crippen molar-refractivity contribution in [3.63, 3.8) is 0 Å². The maximum Gasteiger partial charge on any atom is 0.328 e. The molecule has 0 aliphatic heterocycles. The fraction of sp³-hybridized carbons (Fsp3) is 0.444. The molecule has 0 saturated heterocycles. The van der Waals surface area contributed by atoms with Crippen molar-refractivity contribution in [2.75, 3.05) is 13.7 Å². The topological polar surface area (TPSA) is 102 Å². The molecule has 0 fully saturated rings. The highest BCUT2D eigenvalue weighted by Crippen LogP contribution is 2.01. The normalized spacial score (nSPS) is 12.1. The Balaban J connectivity index is 2.65. The van der Waals surface area contributed by atoms with Crippen LogP contribution in [0.4, 0.5) is 0 Å². The molecule has 1 heterocycles. The summed E-state index contributed by atoms with van der Waals surface area (Å²) < 4.78 is 9.37. The molecule has 1 aromatic heterocycles. The molecule has 0 radical (unpaired) electrons. The van der Waals surface area contributed by atoms with Crippen LogP contribution in [-0.4, -0.2) is 41.9 Å². The number of nitrogens with one attached hydrogen (secondary N) is 1. The van der Waals surface area contributed by atoms with E-state index in [9.17, 15) is 9.59 Å². The zero-order valence-electron chi connectivity index (χ0n) is 8.89. The van der Waals surface area contributed by atoms with E-state index in [1.54, 1.807) is 6.92 Å². The lowest BCUT2D eigenvalue weighted by molar-refractivity contribution is -0.140. The first-order chi connectivity index (χ1) is 7.54. The van der Waals surface area contributed by atoms with Gasteiger partial charge in [-0.2, -0.15) is 0 Å². The van der Waals surface area contributed by atoms with Crippen LogP contribution in [0.2, 0.25) is 0 Å². The van der Waals surface area contributed by atoms with Gasteiger partial charge in [-0.3, -0.25) is 4.79 Å². The average molecular weight is 228 g/mol. The van der Waals surface area contributed by atoms with Crippen molar-refractivity contribution < 1.29 is 24.0 Å². The number of aromatic nitrogens is 1. The largest absolute Gasteiger partial charge is 0.480 e. The SMILES string of the molecule is COCC(NC(=O)c1cc(C)on1)C(=O)O. The lowest BCUT2D eigenvalue weighted by Gasteiger charge is -2.11. The summed E-state index contributed by atoms with van der Waals surface area (Å²) in [5, 5.41) is 14.5. The lowest BCUT2D eigenvalue weighted by Crippen LogP contribution is -2.43. The van der Waals surface area contributed by atoms with Crippen molar-refractivity contribution in [1.29, 1.82) is 0 Å². The van der Waals surface area contributed by atoms with Gasteiger partial charge in [0.2, 0.25) is 0 Å². The highest BCUT2D eigenvalue weighted by molar-refractivity contribution is 5.94. The van der Waals surface area contributed by atoms with Gasteiger partial charge < -0.3 is 19.7 Å². The summed E-state index contributed by atoms with van der Waals surface area (Å²) in [5.74, 6) is -1.31. The molecule has 1 atom stereocenters. The van der Waals surface area contributed by atoms with Gasteiger partial charge in [-0.1, -0.05) is 5.16 Å². The predicted molar refractivity (Wildman–Crippen MR) is 52.0 cm³/mol. The van der Waals surface area contributed by atoms with Gasteiger partial charge in [0.15, 0.2) is 11.7 Å². The van der Waals surface area contributed by atoms with E-state index in [0.717, 1.165) is 0 Å². The highest BCUT2D eigenvalue weighted by atomic mass is 16.5. The molecule has 0 bridgehead atoms. The summed E-state index contributed by atoms with van der Waals surface area (Å²) in [6.07, 6.45) is 0. The minimum atomic E-state index is -1.17. The Kier molecular flexibility index (Phi) is 4.01. The van der Waals surface area contributed by atoms with Crippen LogP contribution in [0.15, 0.2) is 10.6 Å². The molecule has 2 N–H and O–H groups in total. The van der Waals surface area contributed by atoms with E-state index in [1.165, 1.54) is 13.2 Å². The van der Waals surface area contributed by atoms with Gasteiger partial charge in [0.05, 0.1) is 6.61 Å². The van der Waals surface area contributed by atoms with Crippen molar-refractivity contribution in [1.82, 2.24) is 10.5 Å². The van der Waals surface area contributed by atoms with Gasteiger partial charge in [-0.25, -0.2) is 4.79 Å². The molecule has 7 nitrogen and oxygen atoms in total. The third-order valence-electron chi connectivity index (χ3n) is 1.80. The number of hydrogen-bond donors (Lipinski definition) is 2. The third kappa shape index (κ3) is 3.06. The number of carbonyl (C=O) groups excluding carboxylic acids is 1. The maximum atomic E-state index is 11.5. The summed E-state index contributed by atoms with van der Waals surface area (Å²) in [5.41, 5.74) is 0.0415. The molecule has 1 unspecified atom stereocenters. The van der Waals surface area contributed by atoms with E-state index in [-0.39, 0.29) is 12.3 Å². The second kappa shape index (κ2) is 5.26. The van der Waals surface area contributed by atoms with Crippen molar-refractivity contribution in [3.8, 4) is 0 Å². The Labute approximate surface area is 91.4 Å². The highest BCUT2D eigenvalue weighted by Gasteiger charge is 2.21. The minimum absolute atomic E-state index is 0.0415. The maximum absolute atomic E-state index is 11.5. The van der Waals surface area contributed by atoms with Crippen LogP contribution in [0, 0.1) is 6.92 Å². The van der Waals surface area contributed by atoms with Crippen LogP contribution in [0.25, 0.3) is 0 Å². The summed E-state index contributed by atoms with van der Waals surface area (Å²) in [6.45, 7) is 1.52. The van der Waals surface area contributed by atoms with E-state index < -0.39 is 17.9 Å². The van der Waals surface area contributed by atoms with Crippen LogP contribution in [0.3, 0.4) is 0 Å². The Hall–Kier alpha value is -1.89. The Morgan fingerprint density at radius 3 is 2.81 bits per heavy atom. The fourth-order valence-corrected chi connectivity index (χ4v) is 1.05. The van der Waals surface area contributed by atoms with E-state index in [2.05, 4.69) is 15.2 Å². The van der Waals surface area contributed by atoms with Crippen LogP contribution >= 0.6 is 0 Å². The lowest BCUT2D eigenvalue weighted by atomic mass is 10.3. The summed E-state index contributed by atoms with van der Waals surface area (Å²) >= 11 is 0. The number of rotatable bonds is 5. The molecular weight excluding hydrogens is 216 g/mol. The second-order valence-electron chi connectivity index (χ2n) is 3.14. The molecule has 0 aromatic carbocycles. The van der Waals surface area contributed by atoms with Crippen LogP contribution in [0.1, 0.15) is 16.2 Å². The predicted octanol–water partition coefficient (Wildman–Crippen LogP) is -0.188. The Morgan fingerprint density at radius 1 is 1.69 bits per heavy atom. The van der Waals surface area contributed by atoms with E-state index in [1.807, 2.05) is 0 Å². The van der Waals surface area contributed by atoms with Gasteiger partial charge in [0.1, 0.15) is 5.76 Å². The van der Waals surface area contributed by atoms with Gasteiger partial charge in [0, 0.05) is 13.2 Å². The number of aryl methyl sites for hydroxylation is 1.